The van der Waals surface area contributed by atoms with Crippen molar-refractivity contribution in [1.29, 1.82) is 5.26 Å². The van der Waals surface area contributed by atoms with Crippen LogP contribution in [-0.2, 0) is 24.4 Å². The maximum atomic E-state index is 12.8. The Morgan fingerprint density at radius 3 is 2.68 bits per heavy atom. The van der Waals surface area contributed by atoms with Crippen LogP contribution in [0.4, 0.5) is 0 Å². The van der Waals surface area contributed by atoms with Gasteiger partial charge in [-0.2, -0.15) is 5.26 Å². The van der Waals surface area contributed by atoms with Crippen molar-refractivity contribution in [2.24, 2.45) is 0 Å². The fourth-order valence-corrected chi connectivity index (χ4v) is 3.94. The van der Waals surface area contributed by atoms with Crippen molar-refractivity contribution < 1.29 is 4.79 Å². The lowest BCUT2D eigenvalue weighted by atomic mass is 10.1. The molecular formula is C25H25N5O. The Balaban J connectivity index is 1.54. The summed E-state index contributed by atoms with van der Waals surface area (Å²) in [6.45, 7) is 3.96. The van der Waals surface area contributed by atoms with Crippen LogP contribution in [0.3, 0.4) is 0 Å². The molecule has 2 heterocycles. The van der Waals surface area contributed by atoms with Gasteiger partial charge in [0, 0.05) is 48.9 Å². The van der Waals surface area contributed by atoms with E-state index in [9.17, 15) is 4.79 Å². The Hall–Kier alpha value is -3.85. The second kappa shape index (κ2) is 8.88. The highest BCUT2D eigenvalue weighted by atomic mass is 16.2. The molecule has 0 unspecified atom stereocenters. The second-order valence-electron chi connectivity index (χ2n) is 7.49. The minimum atomic E-state index is -0.0800. The molecule has 0 radical (unpaired) electrons. The van der Waals surface area contributed by atoms with Crippen molar-refractivity contribution in [2.75, 3.05) is 7.05 Å². The van der Waals surface area contributed by atoms with Gasteiger partial charge in [0.1, 0.15) is 5.82 Å². The minimum Gasteiger partial charge on any atom is -0.346 e. The highest BCUT2D eigenvalue weighted by molar-refractivity contribution is 5.96. The molecule has 2 aromatic carbocycles. The van der Waals surface area contributed by atoms with Gasteiger partial charge in [-0.05, 0) is 31.2 Å². The van der Waals surface area contributed by atoms with E-state index < -0.39 is 0 Å². The average molecular weight is 412 g/mol. The largest absolute Gasteiger partial charge is 0.346 e. The molecule has 156 valence electrons. The number of carbonyl (C=O) groups excluding carboxylic acids is 1. The van der Waals surface area contributed by atoms with Crippen LogP contribution in [-0.4, -0.2) is 32.0 Å². The summed E-state index contributed by atoms with van der Waals surface area (Å²) >= 11 is 0. The Kier molecular flexibility index (Phi) is 5.85. The number of amides is 1. The molecule has 0 fully saturated rings. The molecule has 0 aliphatic rings. The molecule has 6 nitrogen and oxygen atoms in total. The molecule has 0 spiro atoms. The van der Waals surface area contributed by atoms with Crippen LogP contribution in [0.15, 0.2) is 60.8 Å². The van der Waals surface area contributed by atoms with Gasteiger partial charge in [0.05, 0.1) is 30.1 Å². The van der Waals surface area contributed by atoms with Gasteiger partial charge < -0.3 is 14.0 Å². The summed E-state index contributed by atoms with van der Waals surface area (Å²) in [7, 11) is 1.79. The predicted octanol–water partition coefficient (Wildman–Crippen LogP) is 4.60. The monoisotopic (exact) mass is 411 g/mol. The first kappa shape index (κ1) is 20.4. The number of rotatable bonds is 7. The zero-order valence-electron chi connectivity index (χ0n) is 17.8. The lowest BCUT2D eigenvalue weighted by molar-refractivity contribution is -0.125. The van der Waals surface area contributed by atoms with Crippen molar-refractivity contribution in [2.45, 2.75) is 33.0 Å². The maximum absolute atomic E-state index is 12.8. The normalized spacial score (nSPS) is 11.4. The van der Waals surface area contributed by atoms with Crippen LogP contribution in [0.25, 0.3) is 28.0 Å². The summed E-state index contributed by atoms with van der Waals surface area (Å²) in [4.78, 5) is 19.2. The number of aryl methyl sites for hydroxylation is 2. The maximum Gasteiger partial charge on any atom is 0.246 e. The summed E-state index contributed by atoms with van der Waals surface area (Å²) < 4.78 is 4.21. The van der Waals surface area contributed by atoms with Crippen LogP contribution < -0.4 is 0 Å². The molecule has 0 aliphatic heterocycles. The van der Waals surface area contributed by atoms with Crippen molar-refractivity contribution in [3.63, 3.8) is 0 Å². The molecule has 0 aliphatic carbocycles. The third-order valence-corrected chi connectivity index (χ3v) is 5.49. The molecule has 0 N–H and O–H groups in total. The number of para-hydroxylation sites is 3. The number of aromatic nitrogens is 3. The zero-order valence-corrected chi connectivity index (χ0v) is 17.8. The van der Waals surface area contributed by atoms with Gasteiger partial charge in [0.15, 0.2) is 0 Å². The summed E-state index contributed by atoms with van der Waals surface area (Å²) in [6, 6.07) is 18.3. The minimum absolute atomic E-state index is 0.0800. The number of likely N-dealkylation sites (N-methyl/N-ethyl adjacent to an activating group) is 1. The average Bonchev–Trinajstić information content (AvgIpc) is 3.33. The number of hydrogen-bond acceptors (Lipinski definition) is 3. The fraction of sp³-hybridized carbons (Fsp3) is 0.240. The number of benzene rings is 2. The summed E-state index contributed by atoms with van der Waals surface area (Å²) in [5, 5.41) is 9.98. The van der Waals surface area contributed by atoms with Crippen LogP contribution in [0, 0.1) is 11.3 Å². The lowest BCUT2D eigenvalue weighted by Crippen LogP contribution is -2.26. The Morgan fingerprint density at radius 1 is 1.16 bits per heavy atom. The van der Waals surface area contributed by atoms with E-state index >= 15 is 0 Å². The first-order valence-electron chi connectivity index (χ1n) is 10.4. The number of fused-ring (bicyclic) bond motifs is 2. The van der Waals surface area contributed by atoms with Gasteiger partial charge in [-0.15, -0.1) is 0 Å². The van der Waals surface area contributed by atoms with E-state index in [0.29, 0.717) is 19.5 Å². The highest BCUT2D eigenvalue weighted by Crippen LogP contribution is 2.23. The van der Waals surface area contributed by atoms with E-state index in [1.54, 1.807) is 18.0 Å². The highest BCUT2D eigenvalue weighted by Gasteiger charge is 2.14. The lowest BCUT2D eigenvalue weighted by Gasteiger charge is -2.15. The standard InChI is InChI=1S/C25H25N5O/c1-3-30-23-12-7-5-10-21(23)27-24(30)18-28(2)25(31)14-13-19-17-29(16-8-15-26)22-11-6-4-9-20(19)22/h4-7,9-14,17H,3,8,16,18H2,1-2H3/b14-13+. The molecule has 6 heteroatoms. The van der Waals surface area contributed by atoms with Crippen LogP contribution in [0.2, 0.25) is 0 Å². The van der Waals surface area contributed by atoms with E-state index in [2.05, 4.69) is 28.2 Å². The van der Waals surface area contributed by atoms with E-state index in [-0.39, 0.29) is 5.91 Å². The quantitative estimate of drug-likeness (QED) is 0.418. The topological polar surface area (TPSA) is 66.8 Å². The van der Waals surface area contributed by atoms with Crippen LogP contribution >= 0.6 is 0 Å². The number of hydrogen-bond donors (Lipinski definition) is 0. The summed E-state index contributed by atoms with van der Waals surface area (Å²) in [5.41, 5.74) is 4.06. The molecular weight excluding hydrogens is 386 g/mol. The van der Waals surface area contributed by atoms with Crippen molar-refractivity contribution in [3.8, 4) is 6.07 Å². The number of nitriles is 1. The summed E-state index contributed by atoms with van der Waals surface area (Å²) in [6.07, 6.45) is 5.91. The van der Waals surface area contributed by atoms with Crippen LogP contribution in [0.1, 0.15) is 24.7 Å². The molecule has 4 rings (SSSR count). The fourth-order valence-electron chi connectivity index (χ4n) is 3.94. The molecule has 31 heavy (non-hydrogen) atoms. The SMILES string of the molecule is CCn1c(CN(C)C(=O)/C=C/c2cn(CCC#N)c3ccccc23)nc2ccccc21. The second-order valence-corrected chi connectivity index (χ2v) is 7.49. The van der Waals surface area contributed by atoms with Crippen molar-refractivity contribution >= 4 is 33.9 Å². The molecule has 0 saturated carbocycles. The van der Waals surface area contributed by atoms with Gasteiger partial charge in [0.25, 0.3) is 0 Å². The first-order chi connectivity index (χ1) is 15.1. The van der Waals surface area contributed by atoms with E-state index in [1.807, 2.05) is 54.7 Å². The molecule has 0 saturated heterocycles. The van der Waals surface area contributed by atoms with Crippen molar-refractivity contribution in [1.82, 2.24) is 19.0 Å². The number of nitrogens with zero attached hydrogens (tertiary/aromatic N) is 5. The molecule has 0 atom stereocenters. The third kappa shape index (κ3) is 4.08. The Morgan fingerprint density at radius 2 is 1.90 bits per heavy atom. The van der Waals surface area contributed by atoms with E-state index in [4.69, 9.17) is 10.2 Å². The Labute approximate surface area is 181 Å². The van der Waals surface area contributed by atoms with E-state index in [1.165, 1.54) is 0 Å². The smallest absolute Gasteiger partial charge is 0.246 e. The van der Waals surface area contributed by atoms with Gasteiger partial charge in [-0.3, -0.25) is 4.79 Å². The van der Waals surface area contributed by atoms with Crippen LogP contribution in [0.5, 0.6) is 0 Å². The van der Waals surface area contributed by atoms with Crippen molar-refractivity contribution in [3.05, 3.63) is 72.2 Å². The zero-order chi connectivity index (χ0) is 21.8. The molecule has 1 amide bonds. The van der Waals surface area contributed by atoms with Gasteiger partial charge >= 0.3 is 0 Å². The summed E-state index contributed by atoms with van der Waals surface area (Å²) in [5.74, 6) is 0.796. The third-order valence-electron chi connectivity index (χ3n) is 5.49. The number of imidazole rings is 1. The first-order valence-corrected chi connectivity index (χ1v) is 10.4. The van der Waals surface area contributed by atoms with Gasteiger partial charge in [-0.1, -0.05) is 30.3 Å². The predicted molar refractivity (Wildman–Crippen MR) is 123 cm³/mol. The number of carbonyl (C=O) groups is 1. The van der Waals surface area contributed by atoms with Gasteiger partial charge in [0.2, 0.25) is 5.91 Å². The Bertz CT molecular complexity index is 1300. The molecule has 2 aromatic heterocycles. The van der Waals surface area contributed by atoms with Gasteiger partial charge in [-0.25, -0.2) is 4.98 Å². The van der Waals surface area contributed by atoms with E-state index in [0.717, 1.165) is 39.9 Å². The molecule has 0 bridgehead atoms. The molecule has 4 aromatic rings.